The number of carbonyl (C=O) groups is 2. The smallest absolute Gasteiger partial charge is 0.323 e. The van der Waals surface area contributed by atoms with Gasteiger partial charge in [-0.1, -0.05) is 12.8 Å². The van der Waals surface area contributed by atoms with Crippen LogP contribution < -0.4 is 4.90 Å². The lowest BCUT2D eigenvalue weighted by atomic mass is 10.1. The van der Waals surface area contributed by atoms with E-state index in [0.717, 1.165) is 31.4 Å². The van der Waals surface area contributed by atoms with E-state index < -0.39 is 5.97 Å². The van der Waals surface area contributed by atoms with Crippen LogP contribution in [0.15, 0.2) is 18.3 Å². The Morgan fingerprint density at radius 1 is 1.33 bits per heavy atom. The van der Waals surface area contributed by atoms with Gasteiger partial charge >= 0.3 is 5.97 Å². The molecule has 0 saturated heterocycles. The van der Waals surface area contributed by atoms with E-state index in [1.807, 2.05) is 4.90 Å². The highest BCUT2D eigenvalue weighted by atomic mass is 16.4. The second-order valence-electron chi connectivity index (χ2n) is 5.56. The van der Waals surface area contributed by atoms with Crippen LogP contribution in [0.25, 0.3) is 0 Å². The van der Waals surface area contributed by atoms with Crippen molar-refractivity contribution in [1.82, 2.24) is 9.88 Å². The summed E-state index contributed by atoms with van der Waals surface area (Å²) >= 11 is 0. The van der Waals surface area contributed by atoms with Gasteiger partial charge in [0.15, 0.2) is 0 Å². The minimum Gasteiger partial charge on any atom is -0.480 e. The van der Waals surface area contributed by atoms with E-state index in [0.29, 0.717) is 5.69 Å². The van der Waals surface area contributed by atoms with Crippen LogP contribution in [-0.2, 0) is 4.79 Å². The molecule has 1 heterocycles. The number of hydrogen-bond acceptors (Lipinski definition) is 4. The van der Waals surface area contributed by atoms with Crippen molar-refractivity contribution in [3.63, 3.8) is 0 Å². The van der Waals surface area contributed by atoms with E-state index in [9.17, 15) is 9.59 Å². The Morgan fingerprint density at radius 3 is 2.57 bits per heavy atom. The maximum absolute atomic E-state index is 12.0. The lowest BCUT2D eigenvalue weighted by molar-refractivity contribution is -0.135. The lowest BCUT2D eigenvalue weighted by Gasteiger charge is -2.29. The second kappa shape index (κ2) is 6.56. The largest absolute Gasteiger partial charge is 0.480 e. The maximum Gasteiger partial charge on any atom is 0.323 e. The number of carbonyl (C=O) groups excluding carboxylic acids is 1. The Labute approximate surface area is 124 Å². The summed E-state index contributed by atoms with van der Waals surface area (Å²) in [6, 6.07) is 3.68. The molecule has 1 aliphatic rings. The summed E-state index contributed by atoms with van der Waals surface area (Å²) in [5, 5.41) is 9.14. The summed E-state index contributed by atoms with van der Waals surface area (Å²) in [6.07, 6.45) is 5.79. The molecule has 0 radical (unpaired) electrons. The average Bonchev–Trinajstić information content (AvgIpc) is 2.97. The molecule has 1 aliphatic carbocycles. The molecule has 1 aromatic heterocycles. The normalized spacial score (nSPS) is 15.0. The fourth-order valence-electron chi connectivity index (χ4n) is 2.74. The van der Waals surface area contributed by atoms with Crippen LogP contribution in [0.1, 0.15) is 36.2 Å². The number of amides is 1. The molecule has 0 spiro atoms. The zero-order valence-corrected chi connectivity index (χ0v) is 12.5. The van der Waals surface area contributed by atoms with Gasteiger partial charge in [0.25, 0.3) is 5.91 Å². The van der Waals surface area contributed by atoms with Crippen LogP contribution in [0.2, 0.25) is 0 Å². The van der Waals surface area contributed by atoms with Crippen LogP contribution >= 0.6 is 0 Å². The van der Waals surface area contributed by atoms with Crippen molar-refractivity contribution in [3.05, 3.63) is 24.0 Å². The molecule has 0 bridgehead atoms. The molecular formula is C15H21N3O3. The Kier molecular flexibility index (Phi) is 4.77. The number of hydrogen-bond donors (Lipinski definition) is 1. The Morgan fingerprint density at radius 2 is 2.00 bits per heavy atom. The molecule has 1 amide bonds. The molecule has 6 heteroatoms. The molecule has 0 aliphatic heterocycles. The summed E-state index contributed by atoms with van der Waals surface area (Å²) in [5.74, 6) is -1.04. The van der Waals surface area contributed by atoms with Gasteiger partial charge in [0.05, 0.1) is 0 Å². The number of rotatable bonds is 5. The molecule has 1 fully saturated rings. The molecular weight excluding hydrogens is 270 g/mol. The van der Waals surface area contributed by atoms with Crippen LogP contribution in [0.3, 0.4) is 0 Å². The zero-order valence-electron chi connectivity index (χ0n) is 12.5. The number of anilines is 1. The number of carboxylic acids is 1. The first kappa shape index (κ1) is 15.3. The predicted molar refractivity (Wildman–Crippen MR) is 79.5 cm³/mol. The third-order valence-corrected chi connectivity index (χ3v) is 3.77. The van der Waals surface area contributed by atoms with Gasteiger partial charge in [-0.3, -0.25) is 14.6 Å². The van der Waals surface area contributed by atoms with Gasteiger partial charge in [-0.2, -0.15) is 0 Å². The van der Waals surface area contributed by atoms with Gasteiger partial charge in [0, 0.05) is 32.0 Å². The first-order valence-electron chi connectivity index (χ1n) is 7.15. The fourth-order valence-corrected chi connectivity index (χ4v) is 2.74. The summed E-state index contributed by atoms with van der Waals surface area (Å²) in [4.78, 5) is 30.5. The van der Waals surface area contributed by atoms with Crippen LogP contribution in [0.4, 0.5) is 5.69 Å². The second-order valence-corrected chi connectivity index (χ2v) is 5.56. The van der Waals surface area contributed by atoms with Crippen LogP contribution in [0, 0.1) is 0 Å². The third-order valence-electron chi connectivity index (χ3n) is 3.77. The molecule has 114 valence electrons. The van der Waals surface area contributed by atoms with E-state index in [4.69, 9.17) is 5.11 Å². The van der Waals surface area contributed by atoms with Gasteiger partial charge in [-0.15, -0.1) is 0 Å². The summed E-state index contributed by atoms with van der Waals surface area (Å²) in [5.41, 5.74) is 1.09. The minimum absolute atomic E-state index is 0.0513. The summed E-state index contributed by atoms with van der Waals surface area (Å²) in [7, 11) is 3.34. The number of aliphatic carboxylic acids is 1. The molecule has 0 atom stereocenters. The Balaban J connectivity index is 2.28. The predicted octanol–water partition coefficient (Wildman–Crippen LogP) is 1.62. The highest BCUT2D eigenvalue weighted by molar-refractivity contribution is 5.93. The van der Waals surface area contributed by atoms with Crippen molar-refractivity contribution in [2.24, 2.45) is 0 Å². The molecule has 1 N–H and O–H groups in total. The van der Waals surface area contributed by atoms with E-state index >= 15 is 0 Å². The fraction of sp³-hybridized carbons (Fsp3) is 0.533. The Bertz CT molecular complexity index is 525. The van der Waals surface area contributed by atoms with Crippen molar-refractivity contribution in [2.75, 3.05) is 25.5 Å². The molecule has 0 unspecified atom stereocenters. The van der Waals surface area contributed by atoms with Gasteiger partial charge in [-0.25, -0.2) is 0 Å². The van der Waals surface area contributed by atoms with Crippen molar-refractivity contribution >= 4 is 17.6 Å². The topological polar surface area (TPSA) is 73.7 Å². The number of carboxylic acid groups (broad SMARTS) is 1. The van der Waals surface area contributed by atoms with Gasteiger partial charge in [-0.05, 0) is 25.0 Å². The van der Waals surface area contributed by atoms with Crippen LogP contribution in [0.5, 0.6) is 0 Å². The molecule has 2 rings (SSSR count). The quantitative estimate of drug-likeness (QED) is 0.892. The highest BCUT2D eigenvalue weighted by Gasteiger charge is 2.25. The average molecular weight is 291 g/mol. The highest BCUT2D eigenvalue weighted by Crippen LogP contribution is 2.28. The summed E-state index contributed by atoms with van der Waals surface area (Å²) < 4.78 is 0. The first-order valence-corrected chi connectivity index (χ1v) is 7.15. The van der Waals surface area contributed by atoms with Crippen molar-refractivity contribution in [3.8, 4) is 0 Å². The van der Waals surface area contributed by atoms with E-state index in [2.05, 4.69) is 4.98 Å². The lowest BCUT2D eigenvalue weighted by Crippen LogP contribution is -2.38. The molecule has 1 aromatic rings. The van der Waals surface area contributed by atoms with Gasteiger partial charge < -0.3 is 14.9 Å². The molecule has 1 saturated carbocycles. The number of aromatic nitrogens is 1. The van der Waals surface area contributed by atoms with Gasteiger partial charge in [0.1, 0.15) is 12.2 Å². The van der Waals surface area contributed by atoms with Crippen LogP contribution in [-0.4, -0.2) is 53.5 Å². The number of pyridine rings is 1. The summed E-state index contributed by atoms with van der Waals surface area (Å²) in [6.45, 7) is -0.0513. The van der Waals surface area contributed by atoms with Crippen molar-refractivity contribution in [1.29, 1.82) is 0 Å². The minimum atomic E-state index is -0.862. The Hall–Kier alpha value is -2.11. The molecule has 21 heavy (non-hydrogen) atoms. The van der Waals surface area contributed by atoms with Crippen molar-refractivity contribution < 1.29 is 14.7 Å². The van der Waals surface area contributed by atoms with E-state index in [1.165, 1.54) is 4.90 Å². The third kappa shape index (κ3) is 3.71. The number of nitrogens with zero attached hydrogens (tertiary/aromatic N) is 3. The molecule has 0 aromatic carbocycles. The van der Waals surface area contributed by atoms with Gasteiger partial charge in [0.2, 0.25) is 0 Å². The standard InChI is InChI=1S/C15H21N3O3/c1-17(2)15(21)13-9-12(7-8-16-13)18(10-14(19)20)11-5-3-4-6-11/h7-9,11H,3-6,10H2,1-2H3,(H,19,20). The first-order chi connectivity index (χ1) is 9.99. The molecule has 6 nitrogen and oxygen atoms in total. The monoisotopic (exact) mass is 291 g/mol. The maximum atomic E-state index is 12.0. The van der Waals surface area contributed by atoms with E-state index in [-0.39, 0.29) is 18.5 Å². The van der Waals surface area contributed by atoms with Crippen molar-refractivity contribution in [2.45, 2.75) is 31.7 Å². The SMILES string of the molecule is CN(C)C(=O)c1cc(N(CC(=O)O)C2CCCC2)ccn1. The zero-order chi connectivity index (χ0) is 15.4. The van der Waals surface area contributed by atoms with E-state index in [1.54, 1.807) is 32.4 Å².